The number of pyridine rings is 1. The van der Waals surface area contributed by atoms with E-state index in [1.54, 1.807) is 31.2 Å². The molecule has 4 aromatic rings. The highest BCUT2D eigenvalue weighted by Crippen LogP contribution is 2.30. The van der Waals surface area contributed by atoms with E-state index in [0.29, 0.717) is 42.8 Å². The first kappa shape index (κ1) is 26.5. The van der Waals surface area contributed by atoms with E-state index in [2.05, 4.69) is 20.5 Å². The summed E-state index contributed by atoms with van der Waals surface area (Å²) in [6, 6.07) is 9.42. The predicted molar refractivity (Wildman–Crippen MR) is 146 cm³/mol. The lowest BCUT2D eigenvalue weighted by atomic mass is 10.0. The number of carboxylic acids is 1. The highest BCUT2D eigenvalue weighted by molar-refractivity contribution is 7.20. The molecule has 1 saturated heterocycles. The third-order valence-corrected chi connectivity index (χ3v) is 8.40. The molecule has 11 heteroatoms. The summed E-state index contributed by atoms with van der Waals surface area (Å²) in [5, 5.41) is 9.40. The Hall–Kier alpha value is -3.67. The molecule has 2 aliphatic rings. The van der Waals surface area contributed by atoms with Crippen LogP contribution < -0.4 is 4.74 Å². The van der Waals surface area contributed by atoms with E-state index in [1.807, 2.05) is 0 Å². The summed E-state index contributed by atoms with van der Waals surface area (Å²) >= 11 is 1.24. The molecule has 3 aromatic heterocycles. The smallest absolute Gasteiger partial charge is 0.346 e. The standard InChI is InChI=1S/C29H28F2N4O4S/c1-17-2-3-19(22(31)12-17)16-39-27-21(30)4-5-23(33-27)18-6-9-34(10-7-18)15-26-32-24-13-25(29(36)37)40-28(24)35(26)14-20-8-11-38-20/h2-6,12-13,20H,7-11,14-16H2,1H3,(H,36,37). The van der Waals surface area contributed by atoms with Crippen molar-refractivity contribution in [1.82, 2.24) is 19.4 Å². The fraction of sp³-hybridized carbons (Fsp3) is 0.345. The number of hydrogen-bond acceptors (Lipinski definition) is 7. The molecule has 8 nitrogen and oxygen atoms in total. The van der Waals surface area contributed by atoms with Gasteiger partial charge in [-0.3, -0.25) is 4.90 Å². The average Bonchev–Trinajstić information content (AvgIpc) is 3.45. The van der Waals surface area contributed by atoms with E-state index in [0.717, 1.165) is 41.4 Å². The fourth-order valence-corrected chi connectivity index (χ4v) is 5.88. The Kier molecular flexibility index (Phi) is 7.35. The van der Waals surface area contributed by atoms with E-state index in [-0.39, 0.29) is 23.5 Å². The SMILES string of the molecule is Cc1ccc(COc2nc(C3=CCN(Cc4nc5cc(C(=O)O)sc5n4CC4CCO4)CC3)ccc2F)c(F)c1. The molecule has 40 heavy (non-hydrogen) atoms. The molecule has 1 atom stereocenters. The van der Waals surface area contributed by atoms with Crippen LogP contribution in [-0.4, -0.2) is 56.3 Å². The topological polar surface area (TPSA) is 89.7 Å². The van der Waals surface area contributed by atoms with Gasteiger partial charge in [0.05, 0.1) is 24.9 Å². The van der Waals surface area contributed by atoms with Crippen LogP contribution in [0.1, 0.15) is 45.2 Å². The zero-order chi connectivity index (χ0) is 27.8. The Morgan fingerprint density at radius 3 is 2.75 bits per heavy atom. The number of ether oxygens (including phenoxy) is 2. The largest absolute Gasteiger partial charge is 0.477 e. The first-order valence-electron chi connectivity index (χ1n) is 13.1. The second-order valence-corrected chi connectivity index (χ2v) is 11.1. The number of benzene rings is 1. The van der Waals surface area contributed by atoms with Crippen LogP contribution >= 0.6 is 11.3 Å². The summed E-state index contributed by atoms with van der Waals surface area (Å²) in [5.41, 5.74) is 3.45. The van der Waals surface area contributed by atoms with Gasteiger partial charge in [-0.1, -0.05) is 18.2 Å². The third kappa shape index (κ3) is 5.49. The van der Waals surface area contributed by atoms with Gasteiger partial charge in [0.15, 0.2) is 5.82 Å². The number of aromatic nitrogens is 3. The maximum atomic E-state index is 14.4. The minimum atomic E-state index is -0.949. The van der Waals surface area contributed by atoms with Crippen molar-refractivity contribution in [1.29, 1.82) is 0 Å². The number of carbonyl (C=O) groups is 1. The van der Waals surface area contributed by atoms with Gasteiger partial charge in [-0.15, -0.1) is 11.3 Å². The molecule has 208 valence electrons. The molecule has 5 heterocycles. The van der Waals surface area contributed by atoms with E-state index in [4.69, 9.17) is 14.5 Å². The normalized spacial score (nSPS) is 17.6. The number of nitrogens with zero attached hydrogens (tertiary/aromatic N) is 4. The maximum absolute atomic E-state index is 14.4. The maximum Gasteiger partial charge on any atom is 0.346 e. The van der Waals surface area contributed by atoms with Crippen molar-refractivity contribution in [2.45, 2.75) is 45.6 Å². The third-order valence-electron chi connectivity index (χ3n) is 7.26. The molecule has 1 N–H and O–H groups in total. The molecule has 1 unspecified atom stereocenters. The molecule has 2 aliphatic heterocycles. The minimum absolute atomic E-state index is 0.114. The molecule has 1 aromatic carbocycles. The van der Waals surface area contributed by atoms with Gasteiger partial charge >= 0.3 is 5.97 Å². The van der Waals surface area contributed by atoms with E-state index < -0.39 is 17.6 Å². The van der Waals surface area contributed by atoms with Crippen LogP contribution in [0, 0.1) is 18.6 Å². The molecule has 0 amide bonds. The molecule has 6 rings (SSSR count). The Morgan fingerprint density at radius 1 is 1.20 bits per heavy atom. The summed E-state index contributed by atoms with van der Waals surface area (Å²) < 4.78 is 41.9. The Labute approximate surface area is 233 Å². The van der Waals surface area contributed by atoms with Crippen LogP contribution in [0.5, 0.6) is 5.88 Å². The van der Waals surface area contributed by atoms with Gasteiger partial charge in [-0.25, -0.2) is 23.5 Å². The van der Waals surface area contributed by atoms with Gasteiger partial charge in [-0.05, 0) is 55.2 Å². The number of hydrogen-bond donors (Lipinski definition) is 1. The summed E-state index contributed by atoms with van der Waals surface area (Å²) in [7, 11) is 0. The Balaban J connectivity index is 1.15. The van der Waals surface area contributed by atoms with E-state index in [9.17, 15) is 18.7 Å². The number of fused-ring (bicyclic) bond motifs is 1. The average molecular weight is 567 g/mol. The summed E-state index contributed by atoms with van der Waals surface area (Å²) in [5.74, 6) is -1.21. The van der Waals surface area contributed by atoms with Crippen molar-refractivity contribution < 1.29 is 28.2 Å². The molecule has 0 bridgehead atoms. The van der Waals surface area contributed by atoms with Gasteiger partial charge in [0, 0.05) is 25.3 Å². The lowest BCUT2D eigenvalue weighted by molar-refractivity contribution is -0.0591. The molecule has 0 saturated carbocycles. The van der Waals surface area contributed by atoms with Crippen LogP contribution in [0.25, 0.3) is 15.9 Å². The number of aryl methyl sites for hydroxylation is 1. The number of aromatic carboxylic acids is 1. The van der Waals surface area contributed by atoms with E-state index >= 15 is 0 Å². The number of imidazole rings is 1. The van der Waals surface area contributed by atoms with Crippen molar-refractivity contribution in [2.75, 3.05) is 19.7 Å². The number of halogens is 2. The van der Waals surface area contributed by atoms with Crippen LogP contribution in [0.3, 0.4) is 0 Å². The quantitative estimate of drug-likeness (QED) is 0.289. The van der Waals surface area contributed by atoms with Crippen LogP contribution in [0.15, 0.2) is 42.5 Å². The summed E-state index contributed by atoms with van der Waals surface area (Å²) in [6.45, 7) is 5.08. The van der Waals surface area contributed by atoms with Crippen LogP contribution in [0.2, 0.25) is 0 Å². The lowest BCUT2D eigenvalue weighted by Gasteiger charge is -2.29. The first-order valence-corrected chi connectivity index (χ1v) is 14.0. The number of rotatable bonds is 9. The Bertz CT molecular complexity index is 1610. The van der Waals surface area contributed by atoms with Crippen molar-refractivity contribution in [3.8, 4) is 5.88 Å². The molecule has 0 aliphatic carbocycles. The van der Waals surface area contributed by atoms with Crippen molar-refractivity contribution in [3.63, 3.8) is 0 Å². The predicted octanol–water partition coefficient (Wildman–Crippen LogP) is 5.43. The van der Waals surface area contributed by atoms with Crippen molar-refractivity contribution in [2.24, 2.45) is 0 Å². The van der Waals surface area contributed by atoms with Crippen LogP contribution in [0.4, 0.5) is 8.78 Å². The highest BCUT2D eigenvalue weighted by Gasteiger charge is 2.25. The second-order valence-electron chi connectivity index (χ2n) is 10.1. The molecule has 1 fully saturated rings. The monoisotopic (exact) mass is 566 g/mol. The number of carboxylic acid groups (broad SMARTS) is 1. The second kappa shape index (κ2) is 11.1. The minimum Gasteiger partial charge on any atom is -0.477 e. The first-order chi connectivity index (χ1) is 19.3. The van der Waals surface area contributed by atoms with Crippen molar-refractivity contribution >= 4 is 33.2 Å². The van der Waals surface area contributed by atoms with Gasteiger partial charge in [-0.2, -0.15) is 0 Å². The molecule has 0 spiro atoms. The zero-order valence-electron chi connectivity index (χ0n) is 21.9. The van der Waals surface area contributed by atoms with Gasteiger partial charge in [0.25, 0.3) is 5.88 Å². The number of thiophene rings is 1. The zero-order valence-corrected chi connectivity index (χ0v) is 22.7. The van der Waals surface area contributed by atoms with Gasteiger partial charge < -0.3 is 19.1 Å². The summed E-state index contributed by atoms with van der Waals surface area (Å²) in [4.78, 5) is 24.0. The van der Waals surface area contributed by atoms with Gasteiger partial charge in [0.1, 0.15) is 33.5 Å². The Morgan fingerprint density at radius 2 is 2.05 bits per heavy atom. The molecular weight excluding hydrogens is 538 g/mol. The van der Waals surface area contributed by atoms with E-state index in [1.165, 1.54) is 23.5 Å². The van der Waals surface area contributed by atoms with Crippen LogP contribution in [-0.2, 0) is 24.4 Å². The van der Waals surface area contributed by atoms with Gasteiger partial charge in [0.2, 0.25) is 0 Å². The lowest BCUT2D eigenvalue weighted by Crippen LogP contribution is -2.33. The summed E-state index contributed by atoms with van der Waals surface area (Å²) in [6.07, 6.45) is 3.86. The highest BCUT2D eigenvalue weighted by atomic mass is 32.1. The van der Waals surface area contributed by atoms with Crippen molar-refractivity contribution in [3.05, 3.63) is 81.6 Å². The molecular formula is C29H28F2N4O4S. The fourth-order valence-electron chi connectivity index (χ4n) is 4.91. The molecule has 0 radical (unpaired) electrons.